The molecule has 0 fully saturated rings. The first kappa shape index (κ1) is 26.9. The Labute approximate surface area is 217 Å². The number of amides is 2. The number of carbonyl (C=O) groups is 3. The minimum atomic E-state index is -1.18. The van der Waals surface area contributed by atoms with Crippen LogP contribution in [0, 0.1) is 0 Å². The van der Waals surface area contributed by atoms with Gasteiger partial charge in [-0.05, 0) is 61.0 Å². The van der Waals surface area contributed by atoms with Crippen molar-refractivity contribution in [3.8, 4) is 11.5 Å². The Morgan fingerprint density at radius 3 is 2.33 bits per heavy atom. The molecule has 3 aromatic carbocycles. The summed E-state index contributed by atoms with van der Waals surface area (Å²) in [7, 11) is 3.02. The molecule has 3 rings (SSSR count). The van der Waals surface area contributed by atoms with Crippen LogP contribution in [0.3, 0.4) is 0 Å². The number of thioether (sulfide) groups is 1. The minimum absolute atomic E-state index is 0.0897. The van der Waals surface area contributed by atoms with E-state index in [4.69, 9.17) is 21.1 Å². The number of ether oxygens (including phenoxy) is 2. The molecule has 0 bridgehead atoms. The highest BCUT2D eigenvalue weighted by molar-refractivity contribution is 8.00. The fourth-order valence-electron chi connectivity index (χ4n) is 3.30. The van der Waals surface area contributed by atoms with Gasteiger partial charge in [-0.3, -0.25) is 9.59 Å². The monoisotopic (exact) mass is 528 g/mol. The number of benzene rings is 3. The minimum Gasteiger partial charge on any atom is -0.493 e. The second-order valence-corrected chi connectivity index (χ2v) is 9.24. The average Bonchev–Trinajstić information content (AvgIpc) is 2.87. The van der Waals surface area contributed by atoms with Gasteiger partial charge in [0.15, 0.2) is 11.5 Å². The standard InChI is InChI=1S/C26H25ClN2O6S/c1-4-23(25(31)29-17-9-10-20(27)19(14-17)26(32)33)36-18-7-5-6-16(13-18)28-24(30)15-8-11-21(34-2)22(12-15)35-3/h5-14,23H,4H2,1-3H3,(H,28,30)(H,29,31)(H,32,33). The number of methoxy groups -OCH3 is 2. The first-order valence-corrected chi connectivity index (χ1v) is 12.1. The Morgan fingerprint density at radius 1 is 0.944 bits per heavy atom. The summed E-state index contributed by atoms with van der Waals surface area (Å²) in [6.45, 7) is 1.88. The molecule has 0 aromatic heterocycles. The predicted octanol–water partition coefficient (Wildman–Crippen LogP) is 5.82. The lowest BCUT2D eigenvalue weighted by molar-refractivity contribution is -0.115. The number of nitrogens with one attached hydrogen (secondary N) is 2. The van der Waals surface area contributed by atoms with Crippen LogP contribution in [-0.4, -0.2) is 42.4 Å². The van der Waals surface area contributed by atoms with Crippen LogP contribution < -0.4 is 20.1 Å². The third-order valence-electron chi connectivity index (χ3n) is 5.14. The van der Waals surface area contributed by atoms with Gasteiger partial charge in [0.05, 0.1) is 30.1 Å². The van der Waals surface area contributed by atoms with Crippen molar-refractivity contribution in [1.82, 2.24) is 0 Å². The molecular formula is C26H25ClN2O6S. The van der Waals surface area contributed by atoms with Gasteiger partial charge in [-0.15, -0.1) is 11.8 Å². The number of rotatable bonds is 10. The number of aromatic carboxylic acids is 1. The summed E-state index contributed by atoms with van der Waals surface area (Å²) in [6.07, 6.45) is 0.526. The topological polar surface area (TPSA) is 114 Å². The van der Waals surface area contributed by atoms with E-state index >= 15 is 0 Å². The van der Waals surface area contributed by atoms with Gasteiger partial charge in [0.2, 0.25) is 5.91 Å². The molecule has 0 heterocycles. The largest absolute Gasteiger partial charge is 0.493 e. The smallest absolute Gasteiger partial charge is 0.337 e. The van der Waals surface area contributed by atoms with Gasteiger partial charge in [0, 0.05) is 21.8 Å². The molecule has 0 aliphatic rings. The number of carboxylic acid groups (broad SMARTS) is 1. The van der Waals surface area contributed by atoms with Gasteiger partial charge >= 0.3 is 5.97 Å². The summed E-state index contributed by atoms with van der Waals surface area (Å²) in [5.74, 6) is -0.804. The molecule has 36 heavy (non-hydrogen) atoms. The van der Waals surface area contributed by atoms with Crippen molar-refractivity contribution in [1.29, 1.82) is 0 Å². The Hall–Kier alpha value is -3.69. The number of hydrogen-bond acceptors (Lipinski definition) is 6. The SMILES string of the molecule is CCC(Sc1cccc(NC(=O)c2ccc(OC)c(OC)c2)c1)C(=O)Nc1ccc(Cl)c(C(=O)O)c1. The number of carbonyl (C=O) groups excluding carboxylic acids is 2. The van der Waals surface area contributed by atoms with Crippen molar-refractivity contribution in [2.75, 3.05) is 24.9 Å². The van der Waals surface area contributed by atoms with Crippen molar-refractivity contribution in [2.45, 2.75) is 23.5 Å². The summed E-state index contributed by atoms with van der Waals surface area (Å²) < 4.78 is 10.5. The Morgan fingerprint density at radius 2 is 1.67 bits per heavy atom. The van der Waals surface area contributed by atoms with E-state index in [2.05, 4.69) is 10.6 Å². The quantitative estimate of drug-likeness (QED) is 0.284. The lowest BCUT2D eigenvalue weighted by Gasteiger charge is -2.16. The van der Waals surface area contributed by atoms with Crippen LogP contribution >= 0.6 is 23.4 Å². The van der Waals surface area contributed by atoms with Crippen molar-refractivity contribution < 1.29 is 29.0 Å². The van der Waals surface area contributed by atoms with E-state index in [1.54, 1.807) is 42.5 Å². The highest BCUT2D eigenvalue weighted by Gasteiger charge is 2.20. The normalized spacial score (nSPS) is 11.3. The third kappa shape index (κ3) is 6.71. The average molecular weight is 529 g/mol. The molecule has 10 heteroatoms. The third-order valence-corrected chi connectivity index (χ3v) is 6.83. The summed E-state index contributed by atoms with van der Waals surface area (Å²) >= 11 is 7.24. The second kappa shape index (κ2) is 12.3. The number of anilines is 2. The summed E-state index contributed by atoms with van der Waals surface area (Å²) in [6, 6.07) is 16.4. The molecule has 3 N–H and O–H groups in total. The van der Waals surface area contributed by atoms with E-state index in [-0.39, 0.29) is 22.4 Å². The maximum absolute atomic E-state index is 12.9. The van der Waals surface area contributed by atoms with Gasteiger partial charge in [0.1, 0.15) is 0 Å². The second-order valence-electron chi connectivity index (χ2n) is 7.56. The van der Waals surface area contributed by atoms with Crippen molar-refractivity contribution in [3.05, 3.63) is 76.8 Å². The molecule has 3 aromatic rings. The summed E-state index contributed by atoms with van der Waals surface area (Å²) in [4.78, 5) is 37.7. The van der Waals surface area contributed by atoms with E-state index in [0.29, 0.717) is 34.9 Å². The Balaban J connectivity index is 1.69. The molecular weight excluding hydrogens is 504 g/mol. The molecule has 0 saturated carbocycles. The van der Waals surface area contributed by atoms with Crippen LogP contribution in [0.5, 0.6) is 11.5 Å². The van der Waals surface area contributed by atoms with Crippen LogP contribution in [0.25, 0.3) is 0 Å². The number of carboxylic acids is 1. The maximum Gasteiger partial charge on any atom is 0.337 e. The molecule has 0 aliphatic carbocycles. The van der Waals surface area contributed by atoms with Gasteiger partial charge in [0.25, 0.3) is 5.91 Å². The molecule has 1 unspecified atom stereocenters. The molecule has 0 saturated heterocycles. The van der Waals surface area contributed by atoms with Crippen molar-refractivity contribution >= 4 is 52.5 Å². The summed E-state index contributed by atoms with van der Waals surface area (Å²) in [5.41, 5.74) is 1.23. The highest BCUT2D eigenvalue weighted by atomic mass is 35.5. The van der Waals surface area contributed by atoms with E-state index in [0.717, 1.165) is 4.90 Å². The molecule has 0 aliphatic heterocycles. The molecule has 0 spiro atoms. The molecule has 0 radical (unpaired) electrons. The van der Waals surface area contributed by atoms with Crippen LogP contribution in [0.4, 0.5) is 11.4 Å². The lowest BCUT2D eigenvalue weighted by Crippen LogP contribution is -2.24. The van der Waals surface area contributed by atoms with Crippen LogP contribution in [0.15, 0.2) is 65.6 Å². The first-order chi connectivity index (χ1) is 17.2. The van der Waals surface area contributed by atoms with Crippen molar-refractivity contribution in [3.63, 3.8) is 0 Å². The maximum atomic E-state index is 12.9. The van der Waals surface area contributed by atoms with Crippen LogP contribution in [-0.2, 0) is 4.79 Å². The molecule has 2 amide bonds. The van der Waals surface area contributed by atoms with Crippen molar-refractivity contribution in [2.24, 2.45) is 0 Å². The van der Waals surface area contributed by atoms with Crippen LogP contribution in [0.1, 0.15) is 34.1 Å². The van der Waals surface area contributed by atoms with E-state index in [1.165, 1.54) is 38.1 Å². The zero-order chi connectivity index (χ0) is 26.2. The zero-order valence-corrected chi connectivity index (χ0v) is 21.4. The fraction of sp³-hybridized carbons (Fsp3) is 0.192. The van der Waals surface area contributed by atoms with Crippen LogP contribution in [0.2, 0.25) is 5.02 Å². The lowest BCUT2D eigenvalue weighted by atomic mass is 10.2. The number of halogens is 1. The predicted molar refractivity (Wildman–Crippen MR) is 141 cm³/mol. The van der Waals surface area contributed by atoms with E-state index in [1.807, 2.05) is 13.0 Å². The fourth-order valence-corrected chi connectivity index (χ4v) is 4.52. The van der Waals surface area contributed by atoms with Gasteiger partial charge < -0.3 is 25.2 Å². The highest BCUT2D eigenvalue weighted by Crippen LogP contribution is 2.30. The Bertz CT molecular complexity index is 1280. The first-order valence-electron chi connectivity index (χ1n) is 10.9. The number of hydrogen-bond donors (Lipinski definition) is 3. The van der Waals surface area contributed by atoms with Gasteiger partial charge in [-0.1, -0.05) is 24.6 Å². The summed E-state index contributed by atoms with van der Waals surface area (Å²) in [5, 5.41) is 14.5. The molecule has 8 nitrogen and oxygen atoms in total. The van der Waals surface area contributed by atoms with Gasteiger partial charge in [-0.2, -0.15) is 0 Å². The van der Waals surface area contributed by atoms with Gasteiger partial charge in [-0.25, -0.2) is 4.79 Å². The van der Waals surface area contributed by atoms with E-state index in [9.17, 15) is 19.5 Å². The zero-order valence-electron chi connectivity index (χ0n) is 19.8. The molecule has 1 atom stereocenters. The molecule has 188 valence electrons. The van der Waals surface area contributed by atoms with E-state index < -0.39 is 11.2 Å². The Kier molecular flexibility index (Phi) is 9.21.